The van der Waals surface area contributed by atoms with Crippen LogP contribution in [0.15, 0.2) is 24.3 Å². The fraction of sp³-hybridized carbons (Fsp3) is 0.412. The van der Waals surface area contributed by atoms with Gasteiger partial charge in [-0.2, -0.15) is 0 Å². The number of nitrogen functional groups attached to an aromatic ring is 1. The summed E-state index contributed by atoms with van der Waals surface area (Å²) >= 11 is 1.56. The molecule has 0 saturated carbocycles. The van der Waals surface area contributed by atoms with E-state index in [9.17, 15) is 4.79 Å². The van der Waals surface area contributed by atoms with E-state index in [0.29, 0.717) is 5.13 Å². The molecule has 1 amide bonds. The van der Waals surface area contributed by atoms with E-state index < -0.39 is 0 Å². The van der Waals surface area contributed by atoms with E-state index >= 15 is 0 Å². The van der Waals surface area contributed by atoms with Crippen LogP contribution in [0.2, 0.25) is 0 Å². The number of anilines is 1. The summed E-state index contributed by atoms with van der Waals surface area (Å²) in [5.41, 5.74) is 8.63. The van der Waals surface area contributed by atoms with Crippen molar-refractivity contribution in [1.29, 1.82) is 0 Å². The molecule has 1 fully saturated rings. The Balaban J connectivity index is 1.59. The molecule has 0 atom stereocenters. The first-order valence-electron chi connectivity index (χ1n) is 7.83. The van der Waals surface area contributed by atoms with Gasteiger partial charge in [-0.3, -0.25) is 9.69 Å². The molecule has 1 aromatic carbocycles. The Labute approximate surface area is 140 Å². The van der Waals surface area contributed by atoms with Crippen LogP contribution in [-0.4, -0.2) is 46.9 Å². The molecule has 0 unspecified atom stereocenters. The van der Waals surface area contributed by atoms with Crippen LogP contribution in [0, 0.1) is 13.8 Å². The average Bonchev–Trinajstić information content (AvgIpc) is 2.85. The van der Waals surface area contributed by atoms with Crippen LogP contribution in [0.3, 0.4) is 0 Å². The summed E-state index contributed by atoms with van der Waals surface area (Å²) in [5, 5.41) is 0.630. The molecule has 6 heteroatoms. The molecule has 0 aliphatic carbocycles. The summed E-state index contributed by atoms with van der Waals surface area (Å²) in [6, 6.07) is 7.79. The van der Waals surface area contributed by atoms with Gasteiger partial charge in [0.15, 0.2) is 5.13 Å². The molecule has 5 nitrogen and oxygen atoms in total. The van der Waals surface area contributed by atoms with Crippen molar-refractivity contribution in [2.45, 2.75) is 20.4 Å². The first-order valence-corrected chi connectivity index (χ1v) is 8.65. The molecule has 2 N–H and O–H groups in total. The fourth-order valence-electron chi connectivity index (χ4n) is 2.89. The lowest BCUT2D eigenvalue weighted by molar-refractivity contribution is 0.0628. The molecule has 1 saturated heterocycles. The van der Waals surface area contributed by atoms with E-state index in [4.69, 9.17) is 5.73 Å². The van der Waals surface area contributed by atoms with Gasteiger partial charge in [-0.05, 0) is 25.5 Å². The van der Waals surface area contributed by atoms with Crippen molar-refractivity contribution in [2.75, 3.05) is 31.9 Å². The molecular weight excluding hydrogens is 308 g/mol. The van der Waals surface area contributed by atoms with Gasteiger partial charge in [0.2, 0.25) is 0 Å². The summed E-state index contributed by atoms with van der Waals surface area (Å²) < 4.78 is 0. The molecule has 1 aromatic heterocycles. The third-order valence-corrected chi connectivity index (χ3v) is 5.28. The first-order chi connectivity index (χ1) is 11.0. The van der Waals surface area contributed by atoms with E-state index in [1.807, 2.05) is 43.0 Å². The molecule has 3 rings (SSSR count). The summed E-state index contributed by atoms with van der Waals surface area (Å²) in [6.45, 7) is 8.15. The zero-order valence-corrected chi connectivity index (χ0v) is 14.4. The largest absolute Gasteiger partial charge is 0.375 e. The van der Waals surface area contributed by atoms with Gasteiger partial charge in [-0.1, -0.05) is 18.2 Å². The summed E-state index contributed by atoms with van der Waals surface area (Å²) in [4.78, 5) is 22.4. The molecule has 23 heavy (non-hydrogen) atoms. The maximum Gasteiger partial charge on any atom is 0.254 e. The number of aromatic nitrogens is 1. The number of nitrogens with two attached hydrogens (primary N) is 1. The number of carbonyl (C=O) groups is 1. The highest BCUT2D eigenvalue weighted by molar-refractivity contribution is 7.15. The molecule has 1 aliphatic rings. The smallest absolute Gasteiger partial charge is 0.254 e. The van der Waals surface area contributed by atoms with Crippen LogP contribution >= 0.6 is 11.3 Å². The zero-order chi connectivity index (χ0) is 16.4. The second kappa shape index (κ2) is 6.68. The van der Waals surface area contributed by atoms with Gasteiger partial charge < -0.3 is 10.6 Å². The Morgan fingerprint density at radius 3 is 2.52 bits per heavy atom. The number of rotatable bonds is 3. The van der Waals surface area contributed by atoms with Crippen molar-refractivity contribution in [1.82, 2.24) is 14.8 Å². The van der Waals surface area contributed by atoms with Gasteiger partial charge in [0.1, 0.15) is 0 Å². The van der Waals surface area contributed by atoms with E-state index in [1.165, 1.54) is 4.88 Å². The van der Waals surface area contributed by atoms with Crippen LogP contribution in [0.5, 0.6) is 0 Å². The average molecular weight is 330 g/mol. The normalized spacial score (nSPS) is 15.8. The Kier molecular flexibility index (Phi) is 4.63. The van der Waals surface area contributed by atoms with E-state index in [1.54, 1.807) is 11.3 Å². The Bertz CT molecular complexity index is 704. The van der Waals surface area contributed by atoms with Crippen molar-refractivity contribution < 1.29 is 4.79 Å². The van der Waals surface area contributed by atoms with Crippen molar-refractivity contribution in [2.24, 2.45) is 0 Å². The summed E-state index contributed by atoms with van der Waals surface area (Å²) in [6.07, 6.45) is 0. The third-order valence-electron chi connectivity index (χ3n) is 4.31. The van der Waals surface area contributed by atoms with Crippen LogP contribution in [0.25, 0.3) is 0 Å². The molecule has 2 heterocycles. The predicted molar refractivity (Wildman–Crippen MR) is 93.6 cm³/mol. The van der Waals surface area contributed by atoms with Crippen molar-refractivity contribution >= 4 is 22.4 Å². The lowest BCUT2D eigenvalue weighted by atomic mass is 10.1. The van der Waals surface area contributed by atoms with Gasteiger partial charge in [-0.15, -0.1) is 11.3 Å². The molecule has 0 bridgehead atoms. The lowest BCUT2D eigenvalue weighted by Crippen LogP contribution is -2.48. The summed E-state index contributed by atoms with van der Waals surface area (Å²) in [5.74, 6) is 0.140. The number of benzene rings is 1. The zero-order valence-electron chi connectivity index (χ0n) is 13.6. The minimum Gasteiger partial charge on any atom is -0.375 e. The van der Waals surface area contributed by atoms with Crippen molar-refractivity contribution in [3.05, 3.63) is 46.0 Å². The molecule has 0 spiro atoms. The maximum absolute atomic E-state index is 12.6. The van der Waals surface area contributed by atoms with Gasteiger partial charge in [0, 0.05) is 43.2 Å². The molecular formula is C17H22N4OS. The Morgan fingerprint density at radius 1 is 1.22 bits per heavy atom. The maximum atomic E-state index is 12.6. The van der Waals surface area contributed by atoms with Crippen LogP contribution < -0.4 is 5.73 Å². The van der Waals surface area contributed by atoms with Crippen molar-refractivity contribution in [3.8, 4) is 0 Å². The van der Waals surface area contributed by atoms with Crippen LogP contribution in [0.1, 0.15) is 26.5 Å². The van der Waals surface area contributed by atoms with E-state index in [0.717, 1.165) is 49.5 Å². The molecule has 2 aromatic rings. The predicted octanol–water partition coefficient (Wildman–Crippen LogP) is 2.30. The number of nitrogens with zero attached hydrogens (tertiary/aromatic N) is 3. The van der Waals surface area contributed by atoms with E-state index in [-0.39, 0.29) is 5.91 Å². The van der Waals surface area contributed by atoms with Crippen LogP contribution in [0.4, 0.5) is 5.13 Å². The highest BCUT2D eigenvalue weighted by atomic mass is 32.1. The van der Waals surface area contributed by atoms with Crippen molar-refractivity contribution in [3.63, 3.8) is 0 Å². The molecule has 0 radical (unpaired) electrons. The lowest BCUT2D eigenvalue weighted by Gasteiger charge is -2.34. The summed E-state index contributed by atoms with van der Waals surface area (Å²) in [7, 11) is 0. The fourth-order valence-corrected chi connectivity index (χ4v) is 3.77. The monoisotopic (exact) mass is 330 g/mol. The SMILES string of the molecule is Cc1ccccc1C(=O)N1CCN(Cc2sc(N)nc2C)CC1. The quantitative estimate of drug-likeness (QED) is 0.938. The minimum atomic E-state index is 0.140. The number of hydrogen-bond donors (Lipinski definition) is 1. The number of carbonyl (C=O) groups excluding carboxylic acids is 1. The van der Waals surface area contributed by atoms with Gasteiger partial charge in [0.05, 0.1) is 5.69 Å². The molecule has 122 valence electrons. The van der Waals surface area contributed by atoms with Crippen LogP contribution in [-0.2, 0) is 6.54 Å². The van der Waals surface area contributed by atoms with Gasteiger partial charge in [-0.25, -0.2) is 4.98 Å². The van der Waals surface area contributed by atoms with Gasteiger partial charge >= 0.3 is 0 Å². The number of hydrogen-bond acceptors (Lipinski definition) is 5. The highest BCUT2D eigenvalue weighted by Crippen LogP contribution is 2.22. The highest BCUT2D eigenvalue weighted by Gasteiger charge is 2.23. The second-order valence-electron chi connectivity index (χ2n) is 5.94. The Morgan fingerprint density at radius 2 is 1.91 bits per heavy atom. The topological polar surface area (TPSA) is 62.5 Å². The molecule has 1 aliphatic heterocycles. The van der Waals surface area contributed by atoms with E-state index in [2.05, 4.69) is 9.88 Å². The number of aryl methyl sites for hydroxylation is 2. The second-order valence-corrected chi connectivity index (χ2v) is 7.06. The number of thiazole rings is 1. The number of piperazine rings is 1. The number of amides is 1. The third kappa shape index (κ3) is 3.54. The Hall–Kier alpha value is -1.92. The first kappa shape index (κ1) is 16.0. The minimum absolute atomic E-state index is 0.140. The van der Waals surface area contributed by atoms with Gasteiger partial charge in [0.25, 0.3) is 5.91 Å². The standard InChI is InChI=1S/C17H22N4OS/c1-12-5-3-4-6-14(12)16(22)21-9-7-20(8-10-21)11-15-13(2)19-17(18)23-15/h3-6H,7-11H2,1-2H3,(H2,18,19).